The highest BCUT2D eigenvalue weighted by Gasteiger charge is 2.18. The minimum atomic E-state index is -0.918. The normalized spacial score (nSPS) is 12.0. The molecule has 32 heavy (non-hydrogen) atoms. The Morgan fingerprint density at radius 3 is 1.66 bits per heavy atom. The molecule has 2 atom stereocenters. The van der Waals surface area contributed by atoms with E-state index in [4.69, 9.17) is 38.1 Å². The number of amides is 3. The molecule has 0 bridgehead atoms. The van der Waals surface area contributed by atoms with Gasteiger partial charge in [-0.3, -0.25) is 4.79 Å². The average Bonchev–Trinajstić information content (AvgIpc) is 2.76. The predicted octanol–water partition coefficient (Wildman–Crippen LogP) is -0.377. The van der Waals surface area contributed by atoms with Crippen molar-refractivity contribution in [3.8, 4) is 0 Å². The maximum atomic E-state index is 12.0. The Morgan fingerprint density at radius 1 is 0.750 bits per heavy atom. The van der Waals surface area contributed by atoms with Crippen LogP contribution in [0.25, 0.3) is 0 Å². The molecule has 0 aromatic heterocycles. The van der Waals surface area contributed by atoms with Crippen LogP contribution in [0.5, 0.6) is 0 Å². The SMILES string of the molecule is CCCCN.NCCCCC(COC(N)=O)NC(=O)OC[C@H](CCCCN)NC(=O)CN. The van der Waals surface area contributed by atoms with Crippen LogP contribution in [0.1, 0.15) is 58.3 Å². The molecular weight excluding hydrogens is 418 g/mol. The maximum Gasteiger partial charge on any atom is 0.407 e. The second-order valence-electron chi connectivity index (χ2n) is 7.25. The molecule has 0 aromatic rings. The molecule has 12 N–H and O–H groups in total. The number of carbonyl (C=O) groups is 3. The van der Waals surface area contributed by atoms with Crippen LogP contribution in [0.3, 0.4) is 0 Å². The minimum Gasteiger partial charge on any atom is -0.448 e. The molecule has 1 unspecified atom stereocenters. The fourth-order valence-corrected chi connectivity index (χ4v) is 2.52. The van der Waals surface area contributed by atoms with Crippen molar-refractivity contribution in [2.75, 3.05) is 39.4 Å². The topological polar surface area (TPSA) is 224 Å². The van der Waals surface area contributed by atoms with Gasteiger partial charge in [0.05, 0.1) is 18.6 Å². The number of alkyl carbamates (subject to hydrolysis) is 1. The van der Waals surface area contributed by atoms with Gasteiger partial charge in [-0.05, 0) is 51.7 Å². The molecule has 0 spiro atoms. The summed E-state index contributed by atoms with van der Waals surface area (Å²) in [6.45, 7) is 3.84. The standard InChI is InChI=1S/C16H34N6O5.C4H11N/c17-7-3-1-5-12(21-14(23)9-19)11-27-16(25)22-13(6-2-4-8-18)10-26-15(20)24;1-2-3-4-5/h12-13H,1-11,17-19H2,(H2,20,24)(H,21,23)(H,22,25);2-5H2,1H3/t12-,13?;/m0./s1. The summed E-state index contributed by atoms with van der Waals surface area (Å²) in [6.07, 6.45) is 5.07. The molecule has 12 heteroatoms. The van der Waals surface area contributed by atoms with Crippen LogP contribution in [0.2, 0.25) is 0 Å². The van der Waals surface area contributed by atoms with Crippen molar-refractivity contribution < 1.29 is 23.9 Å². The summed E-state index contributed by atoms with van der Waals surface area (Å²) < 4.78 is 9.94. The molecule has 0 rings (SSSR count). The summed E-state index contributed by atoms with van der Waals surface area (Å²) in [5.74, 6) is -0.328. The zero-order chi connectivity index (χ0) is 24.6. The number of nitrogens with two attached hydrogens (primary N) is 5. The Hall–Kier alpha value is -2.15. The number of hydrogen-bond acceptors (Lipinski definition) is 9. The van der Waals surface area contributed by atoms with E-state index >= 15 is 0 Å². The van der Waals surface area contributed by atoms with E-state index in [1.54, 1.807) is 0 Å². The summed E-state index contributed by atoms with van der Waals surface area (Å²) in [4.78, 5) is 34.3. The van der Waals surface area contributed by atoms with E-state index in [0.717, 1.165) is 32.2 Å². The van der Waals surface area contributed by atoms with Gasteiger partial charge in [0.2, 0.25) is 5.91 Å². The number of rotatable bonds is 17. The van der Waals surface area contributed by atoms with Gasteiger partial charge in [-0.15, -0.1) is 0 Å². The monoisotopic (exact) mass is 463 g/mol. The first kappa shape index (κ1) is 32.0. The van der Waals surface area contributed by atoms with Crippen molar-refractivity contribution in [2.24, 2.45) is 28.7 Å². The van der Waals surface area contributed by atoms with Gasteiger partial charge in [-0.2, -0.15) is 0 Å². The molecular formula is C20H45N7O5. The predicted molar refractivity (Wildman–Crippen MR) is 125 cm³/mol. The number of primary amides is 1. The number of carbonyl (C=O) groups excluding carboxylic acids is 3. The van der Waals surface area contributed by atoms with Gasteiger partial charge in [0.1, 0.15) is 13.2 Å². The quantitative estimate of drug-likeness (QED) is 0.139. The number of ether oxygens (including phenoxy) is 2. The maximum absolute atomic E-state index is 12.0. The van der Waals surface area contributed by atoms with Crippen molar-refractivity contribution in [3.63, 3.8) is 0 Å². The second kappa shape index (κ2) is 23.5. The highest BCUT2D eigenvalue weighted by molar-refractivity contribution is 5.78. The molecule has 0 aromatic carbocycles. The van der Waals surface area contributed by atoms with Crippen LogP contribution in [-0.4, -0.2) is 69.6 Å². The van der Waals surface area contributed by atoms with Crippen LogP contribution in [-0.2, 0) is 14.3 Å². The third-order valence-electron chi connectivity index (χ3n) is 4.29. The Morgan fingerprint density at radius 2 is 1.25 bits per heavy atom. The Balaban J connectivity index is 0. The lowest BCUT2D eigenvalue weighted by Crippen LogP contribution is -2.44. The molecule has 0 fully saturated rings. The minimum absolute atomic E-state index is 0.00561. The molecule has 0 aliphatic heterocycles. The zero-order valence-electron chi connectivity index (χ0n) is 19.5. The second-order valence-corrected chi connectivity index (χ2v) is 7.25. The van der Waals surface area contributed by atoms with Crippen LogP contribution in [0.15, 0.2) is 0 Å². The Kier molecular flexibility index (Phi) is 23.5. The van der Waals surface area contributed by atoms with Gasteiger partial charge in [0, 0.05) is 0 Å². The lowest BCUT2D eigenvalue weighted by atomic mass is 10.1. The first-order valence-electron chi connectivity index (χ1n) is 11.3. The number of unbranched alkanes of at least 4 members (excludes halogenated alkanes) is 3. The molecule has 0 aliphatic rings. The summed E-state index contributed by atoms with van der Waals surface area (Å²) >= 11 is 0. The summed E-state index contributed by atoms with van der Waals surface area (Å²) in [6, 6.07) is -0.790. The van der Waals surface area contributed by atoms with Crippen molar-refractivity contribution in [1.82, 2.24) is 10.6 Å². The largest absolute Gasteiger partial charge is 0.448 e. The van der Waals surface area contributed by atoms with E-state index in [0.29, 0.717) is 25.9 Å². The van der Waals surface area contributed by atoms with E-state index in [1.165, 1.54) is 12.8 Å². The molecule has 190 valence electrons. The average molecular weight is 464 g/mol. The lowest BCUT2D eigenvalue weighted by Gasteiger charge is -2.21. The summed E-state index contributed by atoms with van der Waals surface area (Å²) in [7, 11) is 0. The van der Waals surface area contributed by atoms with Gasteiger partial charge in [0.25, 0.3) is 0 Å². The van der Waals surface area contributed by atoms with Gasteiger partial charge in [-0.25, -0.2) is 9.59 Å². The van der Waals surface area contributed by atoms with E-state index in [1.807, 2.05) is 0 Å². The third-order valence-corrected chi connectivity index (χ3v) is 4.29. The highest BCUT2D eigenvalue weighted by atomic mass is 16.6. The van der Waals surface area contributed by atoms with E-state index in [-0.39, 0.29) is 31.7 Å². The number of nitrogens with one attached hydrogen (secondary N) is 2. The first-order valence-corrected chi connectivity index (χ1v) is 11.3. The smallest absolute Gasteiger partial charge is 0.407 e. The Labute approximate surface area is 191 Å². The van der Waals surface area contributed by atoms with Gasteiger partial charge < -0.3 is 48.8 Å². The molecule has 0 heterocycles. The van der Waals surface area contributed by atoms with Gasteiger partial charge in [0.15, 0.2) is 0 Å². The zero-order valence-corrected chi connectivity index (χ0v) is 19.5. The molecule has 0 saturated heterocycles. The van der Waals surface area contributed by atoms with Crippen LogP contribution in [0.4, 0.5) is 9.59 Å². The van der Waals surface area contributed by atoms with E-state index < -0.39 is 18.2 Å². The van der Waals surface area contributed by atoms with Crippen molar-refractivity contribution >= 4 is 18.1 Å². The molecule has 0 aliphatic carbocycles. The fraction of sp³-hybridized carbons (Fsp3) is 0.850. The Bertz CT molecular complexity index is 481. The summed E-state index contributed by atoms with van der Waals surface area (Å²) in [5.41, 5.74) is 26.3. The first-order chi connectivity index (χ1) is 15.3. The molecule has 3 amide bonds. The van der Waals surface area contributed by atoms with E-state index in [9.17, 15) is 14.4 Å². The van der Waals surface area contributed by atoms with Crippen LogP contribution >= 0.6 is 0 Å². The number of hydrogen-bond donors (Lipinski definition) is 7. The summed E-state index contributed by atoms with van der Waals surface area (Å²) in [5, 5.41) is 5.34. The lowest BCUT2D eigenvalue weighted by molar-refractivity contribution is -0.120. The third kappa shape index (κ3) is 22.5. The van der Waals surface area contributed by atoms with Crippen LogP contribution in [0, 0.1) is 0 Å². The van der Waals surface area contributed by atoms with Gasteiger partial charge in [-0.1, -0.05) is 26.2 Å². The highest BCUT2D eigenvalue weighted by Crippen LogP contribution is 2.04. The molecule has 0 radical (unpaired) electrons. The fourth-order valence-electron chi connectivity index (χ4n) is 2.52. The molecule has 0 saturated carbocycles. The van der Waals surface area contributed by atoms with Gasteiger partial charge >= 0.3 is 12.2 Å². The van der Waals surface area contributed by atoms with Crippen molar-refractivity contribution in [1.29, 1.82) is 0 Å². The van der Waals surface area contributed by atoms with Crippen LogP contribution < -0.4 is 39.3 Å². The molecule has 12 nitrogen and oxygen atoms in total. The van der Waals surface area contributed by atoms with Crippen molar-refractivity contribution in [3.05, 3.63) is 0 Å². The van der Waals surface area contributed by atoms with E-state index in [2.05, 4.69) is 17.6 Å². The van der Waals surface area contributed by atoms with Crippen molar-refractivity contribution in [2.45, 2.75) is 70.4 Å².